The van der Waals surface area contributed by atoms with Gasteiger partial charge >= 0.3 is 0 Å². The van der Waals surface area contributed by atoms with Crippen LogP contribution in [0.4, 0.5) is 0 Å². The number of quaternary nitrogens is 1. The second-order valence-electron chi connectivity index (χ2n) is 8.64. The molecule has 2 aromatic rings. The molecule has 4 heteroatoms. The standard InChI is InChI=1S/C25H35NO3/c1-25(2)17-21(13-15-29-25)22(20-8-6-5-7-9-20)12-14-26-18-19-10-11-23(27-3)24(16-19)28-4/h5-11,16,21-22,26H,12-15,17-18H2,1-4H3/p+1/t21-,22+/m0/s1. The summed E-state index contributed by atoms with van der Waals surface area (Å²) in [5.74, 6) is 2.84. The summed E-state index contributed by atoms with van der Waals surface area (Å²) in [6, 6.07) is 17.2. The van der Waals surface area contributed by atoms with Crippen molar-refractivity contribution in [2.24, 2.45) is 5.92 Å². The first kappa shape index (κ1) is 21.7. The van der Waals surface area contributed by atoms with Gasteiger partial charge in [0.2, 0.25) is 0 Å². The average molecular weight is 399 g/mol. The Bertz CT molecular complexity index is 760. The number of hydrogen-bond acceptors (Lipinski definition) is 3. The van der Waals surface area contributed by atoms with Gasteiger partial charge in [-0.2, -0.15) is 0 Å². The molecule has 158 valence electrons. The van der Waals surface area contributed by atoms with Crippen molar-refractivity contribution < 1.29 is 19.5 Å². The Morgan fingerprint density at radius 1 is 1.07 bits per heavy atom. The van der Waals surface area contributed by atoms with Gasteiger partial charge in [0.05, 0.1) is 26.4 Å². The first-order chi connectivity index (χ1) is 14.0. The molecule has 2 atom stereocenters. The van der Waals surface area contributed by atoms with Gasteiger partial charge < -0.3 is 19.5 Å². The molecule has 1 fully saturated rings. The van der Waals surface area contributed by atoms with Crippen LogP contribution in [0.15, 0.2) is 48.5 Å². The molecule has 3 rings (SSSR count). The van der Waals surface area contributed by atoms with E-state index >= 15 is 0 Å². The second-order valence-corrected chi connectivity index (χ2v) is 8.64. The molecule has 0 radical (unpaired) electrons. The monoisotopic (exact) mass is 398 g/mol. The third-order valence-corrected chi connectivity index (χ3v) is 6.04. The van der Waals surface area contributed by atoms with Crippen molar-refractivity contribution in [1.82, 2.24) is 0 Å². The lowest BCUT2D eigenvalue weighted by Gasteiger charge is -2.39. The highest BCUT2D eigenvalue weighted by molar-refractivity contribution is 5.42. The van der Waals surface area contributed by atoms with Crippen LogP contribution in [0.2, 0.25) is 0 Å². The van der Waals surface area contributed by atoms with Gasteiger partial charge in [-0.3, -0.25) is 0 Å². The smallest absolute Gasteiger partial charge is 0.161 e. The Morgan fingerprint density at radius 2 is 1.83 bits per heavy atom. The SMILES string of the molecule is COc1ccc(C[NH2+]CC[C@H](c2ccccc2)[C@H]2CCOC(C)(C)C2)cc1OC. The number of ether oxygens (including phenoxy) is 3. The summed E-state index contributed by atoms with van der Waals surface area (Å²) in [6.45, 7) is 7.37. The topological polar surface area (TPSA) is 44.3 Å². The quantitative estimate of drug-likeness (QED) is 0.646. The van der Waals surface area contributed by atoms with Gasteiger partial charge in [0.25, 0.3) is 0 Å². The number of benzene rings is 2. The van der Waals surface area contributed by atoms with Crippen LogP contribution in [0.1, 0.15) is 50.2 Å². The van der Waals surface area contributed by atoms with Crippen molar-refractivity contribution in [1.29, 1.82) is 0 Å². The van der Waals surface area contributed by atoms with Gasteiger partial charge in [0.1, 0.15) is 6.54 Å². The largest absolute Gasteiger partial charge is 0.493 e. The van der Waals surface area contributed by atoms with E-state index in [9.17, 15) is 0 Å². The maximum Gasteiger partial charge on any atom is 0.161 e. The highest BCUT2D eigenvalue weighted by atomic mass is 16.5. The molecule has 0 unspecified atom stereocenters. The van der Waals surface area contributed by atoms with Crippen LogP contribution in [-0.4, -0.2) is 33.0 Å². The average Bonchev–Trinajstić information content (AvgIpc) is 2.73. The van der Waals surface area contributed by atoms with Crippen LogP contribution < -0.4 is 14.8 Å². The Morgan fingerprint density at radius 3 is 2.52 bits per heavy atom. The molecule has 0 saturated carbocycles. The highest BCUT2D eigenvalue weighted by Crippen LogP contribution is 2.39. The minimum atomic E-state index is -0.0146. The van der Waals surface area contributed by atoms with E-state index in [2.05, 4.69) is 61.6 Å². The number of rotatable bonds is 9. The summed E-state index contributed by atoms with van der Waals surface area (Å²) >= 11 is 0. The minimum absolute atomic E-state index is 0.0146. The Balaban J connectivity index is 1.60. The lowest BCUT2D eigenvalue weighted by atomic mass is 9.75. The third-order valence-electron chi connectivity index (χ3n) is 6.04. The van der Waals surface area contributed by atoms with E-state index in [1.54, 1.807) is 14.2 Å². The Labute approximate surface area is 175 Å². The molecule has 1 aliphatic rings. The Hall–Kier alpha value is -2.04. The van der Waals surface area contributed by atoms with Crippen LogP contribution in [-0.2, 0) is 11.3 Å². The maximum absolute atomic E-state index is 5.98. The third kappa shape index (κ3) is 5.97. The normalized spacial score (nSPS) is 19.5. The molecule has 0 bridgehead atoms. The van der Waals surface area contributed by atoms with E-state index in [1.807, 2.05) is 6.07 Å². The highest BCUT2D eigenvalue weighted by Gasteiger charge is 2.34. The molecule has 0 aromatic heterocycles. The van der Waals surface area contributed by atoms with Crippen LogP contribution in [0.5, 0.6) is 11.5 Å². The molecule has 29 heavy (non-hydrogen) atoms. The van der Waals surface area contributed by atoms with Gasteiger partial charge in [0, 0.05) is 18.6 Å². The molecule has 2 N–H and O–H groups in total. The summed E-state index contributed by atoms with van der Waals surface area (Å²) < 4.78 is 16.7. The zero-order valence-corrected chi connectivity index (χ0v) is 18.3. The number of methoxy groups -OCH3 is 2. The zero-order chi connectivity index (χ0) is 20.7. The molecule has 4 nitrogen and oxygen atoms in total. The maximum atomic E-state index is 5.98. The molecule has 0 spiro atoms. The minimum Gasteiger partial charge on any atom is -0.493 e. The first-order valence-electron chi connectivity index (χ1n) is 10.7. The van der Waals surface area contributed by atoms with Crippen molar-refractivity contribution in [3.05, 3.63) is 59.7 Å². The van der Waals surface area contributed by atoms with Gasteiger partial charge in [-0.15, -0.1) is 0 Å². The van der Waals surface area contributed by atoms with Gasteiger partial charge in [-0.25, -0.2) is 0 Å². The molecule has 2 aromatic carbocycles. The second kappa shape index (κ2) is 10.1. The van der Waals surface area contributed by atoms with E-state index < -0.39 is 0 Å². The van der Waals surface area contributed by atoms with Gasteiger partial charge in [-0.05, 0) is 62.3 Å². The van der Waals surface area contributed by atoms with Crippen molar-refractivity contribution in [3.63, 3.8) is 0 Å². The summed E-state index contributed by atoms with van der Waals surface area (Å²) in [5.41, 5.74) is 2.71. The number of nitrogens with two attached hydrogens (primary N) is 1. The predicted molar refractivity (Wildman–Crippen MR) is 117 cm³/mol. The fraction of sp³-hybridized carbons (Fsp3) is 0.520. The van der Waals surface area contributed by atoms with Crippen molar-refractivity contribution in [2.45, 2.75) is 51.2 Å². The summed E-state index contributed by atoms with van der Waals surface area (Å²) in [7, 11) is 3.36. The molecule has 1 heterocycles. The summed E-state index contributed by atoms with van der Waals surface area (Å²) in [4.78, 5) is 0. The molecule has 0 aliphatic carbocycles. The molecular formula is C25H36NO3+. The van der Waals surface area contributed by atoms with Crippen molar-refractivity contribution in [3.8, 4) is 11.5 Å². The van der Waals surface area contributed by atoms with Crippen molar-refractivity contribution in [2.75, 3.05) is 27.4 Å². The summed E-state index contributed by atoms with van der Waals surface area (Å²) in [5, 5.41) is 2.40. The summed E-state index contributed by atoms with van der Waals surface area (Å²) in [6.07, 6.45) is 3.46. The fourth-order valence-corrected chi connectivity index (χ4v) is 4.57. The van der Waals surface area contributed by atoms with Gasteiger partial charge in [0.15, 0.2) is 11.5 Å². The fourth-order valence-electron chi connectivity index (χ4n) is 4.57. The molecule has 1 aliphatic heterocycles. The van der Waals surface area contributed by atoms with E-state index in [0.717, 1.165) is 44.0 Å². The first-order valence-corrected chi connectivity index (χ1v) is 10.7. The van der Waals surface area contributed by atoms with E-state index in [-0.39, 0.29) is 5.60 Å². The molecular weight excluding hydrogens is 362 g/mol. The molecule has 1 saturated heterocycles. The van der Waals surface area contributed by atoms with Crippen LogP contribution in [0.25, 0.3) is 0 Å². The lowest BCUT2D eigenvalue weighted by Crippen LogP contribution is -2.82. The van der Waals surface area contributed by atoms with E-state index in [0.29, 0.717) is 11.8 Å². The van der Waals surface area contributed by atoms with E-state index in [4.69, 9.17) is 14.2 Å². The van der Waals surface area contributed by atoms with Crippen molar-refractivity contribution >= 4 is 0 Å². The zero-order valence-electron chi connectivity index (χ0n) is 18.3. The van der Waals surface area contributed by atoms with E-state index in [1.165, 1.54) is 17.5 Å². The number of hydrogen-bond donors (Lipinski definition) is 1. The van der Waals surface area contributed by atoms with Crippen LogP contribution >= 0.6 is 0 Å². The molecule has 0 amide bonds. The predicted octanol–water partition coefficient (Wildman–Crippen LogP) is 4.15. The Kier molecular flexibility index (Phi) is 7.57. The van der Waals surface area contributed by atoms with Crippen LogP contribution in [0, 0.1) is 5.92 Å². The van der Waals surface area contributed by atoms with Crippen LogP contribution in [0.3, 0.4) is 0 Å². The van der Waals surface area contributed by atoms with Gasteiger partial charge in [-0.1, -0.05) is 30.3 Å². The lowest BCUT2D eigenvalue weighted by molar-refractivity contribution is -0.671.